The van der Waals surface area contributed by atoms with Gasteiger partial charge in [-0.05, 0) is 18.6 Å². The molecule has 0 bridgehead atoms. The van der Waals surface area contributed by atoms with E-state index >= 15 is 0 Å². The average Bonchev–Trinajstić information content (AvgIpc) is 2.74. The Hall–Kier alpha value is -1.88. The van der Waals surface area contributed by atoms with Crippen molar-refractivity contribution in [3.63, 3.8) is 0 Å². The van der Waals surface area contributed by atoms with Crippen LogP contribution in [0.2, 0.25) is 5.02 Å². The summed E-state index contributed by atoms with van der Waals surface area (Å²) in [5, 5.41) is 9.71. The molecule has 1 aromatic heterocycles. The summed E-state index contributed by atoms with van der Waals surface area (Å²) in [5.41, 5.74) is 0.856. The van der Waals surface area contributed by atoms with Gasteiger partial charge >= 0.3 is 0 Å². The van der Waals surface area contributed by atoms with Crippen LogP contribution >= 0.6 is 11.6 Å². The number of nitrogens with one attached hydrogen (secondary N) is 2. The molecule has 1 heterocycles. The molecule has 1 aromatic carbocycles. The number of carbonyl (C=O) groups excluding carboxylic acids is 1. The molecule has 1 amide bonds. The van der Waals surface area contributed by atoms with E-state index in [9.17, 15) is 4.79 Å². The number of aromatic nitrogens is 3. The molecule has 0 atom stereocenters. The standard InChI is InChI=1S/C11H11ClN4O/c1-7-14-10(16-15-7)11(17)13-6-8-4-2-3-5-9(8)12/h2-5H,6H2,1H3,(H,13,17)(H,14,15,16). The van der Waals surface area contributed by atoms with Crippen LogP contribution in [0, 0.1) is 6.92 Å². The SMILES string of the molecule is Cc1nc(C(=O)NCc2ccccc2Cl)n[nH]1. The van der Waals surface area contributed by atoms with Crippen molar-refractivity contribution < 1.29 is 4.79 Å². The van der Waals surface area contributed by atoms with Crippen LogP contribution in [0.4, 0.5) is 0 Å². The molecule has 0 unspecified atom stereocenters. The van der Waals surface area contributed by atoms with Crippen molar-refractivity contribution in [3.8, 4) is 0 Å². The quantitative estimate of drug-likeness (QED) is 0.871. The number of H-pyrrole nitrogens is 1. The van der Waals surface area contributed by atoms with Gasteiger partial charge in [-0.1, -0.05) is 29.8 Å². The van der Waals surface area contributed by atoms with Crippen molar-refractivity contribution in [1.29, 1.82) is 0 Å². The monoisotopic (exact) mass is 250 g/mol. The van der Waals surface area contributed by atoms with Crippen molar-refractivity contribution in [2.45, 2.75) is 13.5 Å². The van der Waals surface area contributed by atoms with E-state index in [0.29, 0.717) is 17.4 Å². The van der Waals surface area contributed by atoms with E-state index in [-0.39, 0.29) is 11.7 Å². The number of hydrogen-bond acceptors (Lipinski definition) is 3. The van der Waals surface area contributed by atoms with Gasteiger partial charge in [-0.25, -0.2) is 4.98 Å². The zero-order valence-corrected chi connectivity index (χ0v) is 9.95. The molecule has 0 aliphatic rings. The predicted octanol–water partition coefficient (Wildman–Crippen LogP) is 1.70. The zero-order valence-electron chi connectivity index (χ0n) is 9.20. The third-order valence-electron chi connectivity index (χ3n) is 2.20. The summed E-state index contributed by atoms with van der Waals surface area (Å²) in [6, 6.07) is 7.34. The summed E-state index contributed by atoms with van der Waals surface area (Å²) >= 11 is 5.97. The maximum absolute atomic E-state index is 11.6. The first-order valence-corrected chi connectivity index (χ1v) is 5.45. The number of aromatic amines is 1. The first-order valence-electron chi connectivity index (χ1n) is 5.07. The maximum atomic E-state index is 11.6. The lowest BCUT2D eigenvalue weighted by molar-refractivity contribution is 0.0941. The van der Waals surface area contributed by atoms with Crippen LogP contribution in [-0.4, -0.2) is 21.1 Å². The van der Waals surface area contributed by atoms with E-state index in [1.165, 1.54) is 0 Å². The highest BCUT2D eigenvalue weighted by molar-refractivity contribution is 6.31. The van der Waals surface area contributed by atoms with Crippen molar-refractivity contribution in [2.24, 2.45) is 0 Å². The van der Waals surface area contributed by atoms with Gasteiger partial charge in [0.05, 0.1) is 0 Å². The number of hydrogen-bond donors (Lipinski definition) is 2. The summed E-state index contributed by atoms with van der Waals surface area (Å²) in [7, 11) is 0. The van der Waals surface area contributed by atoms with Crippen molar-refractivity contribution in [2.75, 3.05) is 0 Å². The van der Waals surface area contributed by atoms with Crippen LogP contribution in [0.5, 0.6) is 0 Å². The van der Waals surface area contributed by atoms with E-state index in [0.717, 1.165) is 5.56 Å². The Morgan fingerprint density at radius 2 is 2.24 bits per heavy atom. The minimum Gasteiger partial charge on any atom is -0.345 e. The van der Waals surface area contributed by atoms with E-state index < -0.39 is 0 Å². The number of benzene rings is 1. The highest BCUT2D eigenvalue weighted by Crippen LogP contribution is 2.14. The smallest absolute Gasteiger partial charge is 0.291 e. The van der Waals surface area contributed by atoms with Gasteiger partial charge in [0.2, 0.25) is 5.82 Å². The van der Waals surface area contributed by atoms with Gasteiger partial charge in [0.25, 0.3) is 5.91 Å². The largest absolute Gasteiger partial charge is 0.345 e. The molecule has 2 N–H and O–H groups in total. The molecule has 0 fully saturated rings. The fourth-order valence-corrected chi connectivity index (χ4v) is 1.54. The van der Waals surface area contributed by atoms with Gasteiger partial charge in [0.15, 0.2) is 0 Å². The van der Waals surface area contributed by atoms with Crippen LogP contribution in [0.15, 0.2) is 24.3 Å². The molecule has 0 aliphatic carbocycles. The van der Waals surface area contributed by atoms with Crippen LogP contribution in [0.1, 0.15) is 22.0 Å². The van der Waals surface area contributed by atoms with E-state index in [1.807, 2.05) is 18.2 Å². The second kappa shape index (κ2) is 4.97. The molecule has 0 aliphatic heterocycles. The Labute approximate surface area is 103 Å². The Bertz CT molecular complexity index is 538. The summed E-state index contributed by atoms with van der Waals surface area (Å²) < 4.78 is 0. The van der Waals surface area contributed by atoms with Crippen molar-refractivity contribution in [1.82, 2.24) is 20.5 Å². The van der Waals surface area contributed by atoms with Crippen LogP contribution in [-0.2, 0) is 6.54 Å². The lowest BCUT2D eigenvalue weighted by Crippen LogP contribution is -2.24. The number of rotatable bonds is 3. The molecule has 2 rings (SSSR count). The normalized spacial score (nSPS) is 10.2. The van der Waals surface area contributed by atoms with Crippen LogP contribution in [0.3, 0.4) is 0 Å². The van der Waals surface area contributed by atoms with Crippen molar-refractivity contribution >= 4 is 17.5 Å². The number of aryl methyl sites for hydroxylation is 1. The molecule has 5 nitrogen and oxygen atoms in total. The Kier molecular flexibility index (Phi) is 3.39. The highest BCUT2D eigenvalue weighted by Gasteiger charge is 2.10. The summed E-state index contributed by atoms with van der Waals surface area (Å²) in [5.74, 6) is 0.414. The molecule has 0 spiro atoms. The van der Waals surface area contributed by atoms with Gasteiger partial charge in [0.1, 0.15) is 5.82 Å². The summed E-state index contributed by atoms with van der Waals surface area (Å²) in [6.45, 7) is 2.09. The topological polar surface area (TPSA) is 70.7 Å². The lowest BCUT2D eigenvalue weighted by atomic mass is 10.2. The van der Waals surface area contributed by atoms with E-state index in [2.05, 4.69) is 20.5 Å². The average molecular weight is 251 g/mol. The zero-order chi connectivity index (χ0) is 12.3. The number of amides is 1. The Morgan fingerprint density at radius 3 is 2.88 bits per heavy atom. The maximum Gasteiger partial charge on any atom is 0.291 e. The predicted molar refractivity (Wildman–Crippen MR) is 63.7 cm³/mol. The van der Waals surface area contributed by atoms with Crippen LogP contribution in [0.25, 0.3) is 0 Å². The van der Waals surface area contributed by atoms with Gasteiger partial charge in [-0.3, -0.25) is 9.89 Å². The second-order valence-corrected chi connectivity index (χ2v) is 3.93. The lowest BCUT2D eigenvalue weighted by Gasteiger charge is -2.04. The number of halogens is 1. The molecule has 6 heteroatoms. The Balaban J connectivity index is 1.99. The van der Waals surface area contributed by atoms with Gasteiger partial charge in [0, 0.05) is 11.6 Å². The van der Waals surface area contributed by atoms with Gasteiger partial charge in [-0.2, -0.15) is 0 Å². The Morgan fingerprint density at radius 1 is 1.47 bits per heavy atom. The van der Waals surface area contributed by atoms with E-state index in [4.69, 9.17) is 11.6 Å². The molecule has 88 valence electrons. The summed E-state index contributed by atoms with van der Waals surface area (Å²) in [4.78, 5) is 15.6. The van der Waals surface area contributed by atoms with Gasteiger partial charge in [-0.15, -0.1) is 5.10 Å². The molecular formula is C11H11ClN4O. The van der Waals surface area contributed by atoms with Gasteiger partial charge < -0.3 is 5.32 Å². The third kappa shape index (κ3) is 2.82. The third-order valence-corrected chi connectivity index (χ3v) is 2.57. The van der Waals surface area contributed by atoms with Crippen molar-refractivity contribution in [3.05, 3.63) is 46.5 Å². The highest BCUT2D eigenvalue weighted by atomic mass is 35.5. The number of carbonyl (C=O) groups is 1. The second-order valence-electron chi connectivity index (χ2n) is 3.52. The summed E-state index contributed by atoms with van der Waals surface area (Å²) in [6.07, 6.45) is 0. The minimum absolute atomic E-state index is 0.134. The fourth-order valence-electron chi connectivity index (χ4n) is 1.34. The molecule has 17 heavy (non-hydrogen) atoms. The molecule has 2 aromatic rings. The first kappa shape index (κ1) is 11.6. The number of nitrogens with zero attached hydrogens (tertiary/aromatic N) is 2. The minimum atomic E-state index is -0.325. The first-order chi connectivity index (χ1) is 8.16. The van der Waals surface area contributed by atoms with Crippen LogP contribution < -0.4 is 5.32 Å². The molecule has 0 saturated carbocycles. The molecular weight excluding hydrogens is 240 g/mol. The fraction of sp³-hybridized carbons (Fsp3) is 0.182. The molecule has 0 radical (unpaired) electrons. The van der Waals surface area contributed by atoms with E-state index in [1.54, 1.807) is 13.0 Å². The molecule has 0 saturated heterocycles.